The lowest BCUT2D eigenvalue weighted by Crippen LogP contribution is -2.35. The Balaban J connectivity index is 1.55. The summed E-state index contributed by atoms with van der Waals surface area (Å²) in [6.45, 7) is 1.09. The maximum absolute atomic E-state index is 12.8. The van der Waals surface area contributed by atoms with Gasteiger partial charge in [0.25, 0.3) is 5.91 Å². The zero-order valence-electron chi connectivity index (χ0n) is 16.7. The Labute approximate surface area is 175 Å². The van der Waals surface area contributed by atoms with Crippen LogP contribution in [-0.4, -0.2) is 43.8 Å². The molecule has 1 aromatic heterocycles. The molecule has 30 heavy (non-hydrogen) atoms. The zero-order chi connectivity index (χ0) is 21.1. The number of ether oxygens (including phenoxy) is 1. The average Bonchev–Trinajstić information content (AvgIpc) is 2.79. The fourth-order valence-corrected chi connectivity index (χ4v) is 5.11. The molecular formula is C22H23N3O4S. The molecule has 1 amide bonds. The van der Waals surface area contributed by atoms with Crippen LogP contribution in [0.15, 0.2) is 59.6 Å². The van der Waals surface area contributed by atoms with E-state index in [-0.39, 0.29) is 10.8 Å². The number of anilines is 1. The molecule has 0 atom stereocenters. The van der Waals surface area contributed by atoms with Gasteiger partial charge < -0.3 is 10.1 Å². The van der Waals surface area contributed by atoms with E-state index < -0.39 is 10.0 Å². The summed E-state index contributed by atoms with van der Waals surface area (Å²) in [5.74, 6) is 0.338. The number of benzene rings is 2. The van der Waals surface area contributed by atoms with Crippen molar-refractivity contribution in [2.24, 2.45) is 0 Å². The fourth-order valence-electron chi connectivity index (χ4n) is 3.59. The van der Waals surface area contributed by atoms with Crippen LogP contribution >= 0.6 is 0 Å². The molecule has 8 heteroatoms. The maximum atomic E-state index is 12.8. The van der Waals surface area contributed by atoms with Gasteiger partial charge in [0.15, 0.2) is 0 Å². The van der Waals surface area contributed by atoms with Gasteiger partial charge in [0.1, 0.15) is 5.75 Å². The van der Waals surface area contributed by atoms with Crippen molar-refractivity contribution in [1.29, 1.82) is 0 Å². The number of hydrogen-bond donors (Lipinski definition) is 1. The Bertz CT molecular complexity index is 1170. The highest BCUT2D eigenvalue weighted by Gasteiger charge is 2.26. The topological polar surface area (TPSA) is 88.6 Å². The second-order valence-electron chi connectivity index (χ2n) is 7.18. The number of pyridine rings is 1. The van der Waals surface area contributed by atoms with E-state index in [9.17, 15) is 13.2 Å². The molecule has 0 saturated carbocycles. The molecule has 2 heterocycles. The van der Waals surface area contributed by atoms with Crippen LogP contribution in [0.4, 0.5) is 5.69 Å². The van der Waals surface area contributed by atoms with E-state index in [4.69, 9.17) is 4.74 Å². The van der Waals surface area contributed by atoms with Gasteiger partial charge in [0.05, 0.1) is 23.2 Å². The molecular weight excluding hydrogens is 402 g/mol. The number of nitrogens with zero attached hydrogens (tertiary/aromatic N) is 2. The predicted octanol–water partition coefficient (Wildman–Crippen LogP) is 3.67. The van der Waals surface area contributed by atoms with Crippen molar-refractivity contribution in [3.63, 3.8) is 0 Å². The summed E-state index contributed by atoms with van der Waals surface area (Å²) in [4.78, 5) is 17.3. The molecule has 1 fully saturated rings. The van der Waals surface area contributed by atoms with E-state index in [1.807, 2.05) is 18.2 Å². The van der Waals surface area contributed by atoms with Crippen LogP contribution in [0.3, 0.4) is 0 Å². The van der Waals surface area contributed by atoms with Crippen LogP contribution in [0.2, 0.25) is 0 Å². The maximum Gasteiger partial charge on any atom is 0.255 e. The molecule has 156 valence electrons. The summed E-state index contributed by atoms with van der Waals surface area (Å²) in [6.07, 6.45) is 4.44. The largest absolute Gasteiger partial charge is 0.497 e. The molecule has 1 aliphatic rings. The van der Waals surface area contributed by atoms with E-state index in [0.717, 1.165) is 30.2 Å². The third-order valence-corrected chi connectivity index (χ3v) is 7.18. The van der Waals surface area contributed by atoms with Crippen molar-refractivity contribution in [2.45, 2.75) is 24.2 Å². The molecule has 7 nitrogen and oxygen atoms in total. The normalized spacial score (nSPS) is 15.1. The standard InChI is InChI=1S/C22H23N3O4S/c1-29-17-7-10-20-19(15-17)21(11-12-23-20)24-22(26)16-5-8-18(9-6-16)30(27,28)25-13-3-2-4-14-25/h5-12,15H,2-4,13-14H2,1H3,(H,23,24,26). The van der Waals surface area contributed by atoms with Gasteiger partial charge in [-0.1, -0.05) is 6.42 Å². The van der Waals surface area contributed by atoms with E-state index >= 15 is 0 Å². The van der Waals surface area contributed by atoms with E-state index in [2.05, 4.69) is 10.3 Å². The van der Waals surface area contributed by atoms with Crippen molar-refractivity contribution >= 4 is 32.5 Å². The molecule has 1 aliphatic heterocycles. The Morgan fingerprint density at radius 2 is 1.77 bits per heavy atom. The second kappa shape index (κ2) is 8.41. The monoisotopic (exact) mass is 425 g/mol. The molecule has 1 N–H and O–H groups in total. The van der Waals surface area contributed by atoms with Gasteiger partial charge in [-0.3, -0.25) is 9.78 Å². The van der Waals surface area contributed by atoms with Gasteiger partial charge in [0, 0.05) is 30.2 Å². The number of carbonyl (C=O) groups excluding carboxylic acids is 1. The van der Waals surface area contributed by atoms with Crippen molar-refractivity contribution in [2.75, 3.05) is 25.5 Å². The number of piperidine rings is 1. The summed E-state index contributed by atoms with van der Waals surface area (Å²) < 4.78 is 32.3. The van der Waals surface area contributed by atoms with Gasteiger partial charge in [-0.25, -0.2) is 8.42 Å². The van der Waals surface area contributed by atoms with Gasteiger partial charge in [0.2, 0.25) is 10.0 Å². The molecule has 0 aliphatic carbocycles. The summed E-state index contributed by atoms with van der Waals surface area (Å²) in [6, 6.07) is 13.2. The number of fused-ring (bicyclic) bond motifs is 1. The number of amides is 1. The first-order valence-electron chi connectivity index (χ1n) is 9.83. The number of methoxy groups -OCH3 is 1. The van der Waals surface area contributed by atoms with Crippen LogP contribution in [-0.2, 0) is 10.0 Å². The van der Waals surface area contributed by atoms with E-state index in [1.54, 1.807) is 19.4 Å². The quantitative estimate of drug-likeness (QED) is 0.674. The average molecular weight is 426 g/mol. The first-order valence-corrected chi connectivity index (χ1v) is 11.3. The smallest absolute Gasteiger partial charge is 0.255 e. The second-order valence-corrected chi connectivity index (χ2v) is 9.12. The molecule has 4 rings (SSSR count). The summed E-state index contributed by atoms with van der Waals surface area (Å²) in [5.41, 5.74) is 1.71. The molecule has 2 aromatic carbocycles. The van der Waals surface area contributed by atoms with Crippen molar-refractivity contribution in [3.05, 3.63) is 60.3 Å². The van der Waals surface area contributed by atoms with Crippen LogP contribution in [0.1, 0.15) is 29.6 Å². The molecule has 0 unspecified atom stereocenters. The van der Waals surface area contributed by atoms with Crippen LogP contribution in [0, 0.1) is 0 Å². The van der Waals surface area contributed by atoms with Gasteiger partial charge >= 0.3 is 0 Å². The van der Waals surface area contributed by atoms with E-state index in [0.29, 0.717) is 30.1 Å². The first-order chi connectivity index (χ1) is 14.5. The minimum absolute atomic E-state index is 0.208. The third-order valence-electron chi connectivity index (χ3n) is 5.27. The Morgan fingerprint density at radius 1 is 1.03 bits per heavy atom. The van der Waals surface area contributed by atoms with Gasteiger partial charge in [-0.15, -0.1) is 0 Å². The minimum atomic E-state index is -3.52. The Kier molecular flexibility index (Phi) is 5.69. The third kappa shape index (κ3) is 4.01. The summed E-state index contributed by atoms with van der Waals surface area (Å²) >= 11 is 0. The lowest BCUT2D eigenvalue weighted by atomic mass is 10.1. The lowest BCUT2D eigenvalue weighted by molar-refractivity contribution is 0.102. The summed E-state index contributed by atoms with van der Waals surface area (Å²) in [7, 11) is -1.94. The lowest BCUT2D eigenvalue weighted by Gasteiger charge is -2.25. The molecule has 3 aromatic rings. The Morgan fingerprint density at radius 3 is 2.47 bits per heavy atom. The van der Waals surface area contributed by atoms with Gasteiger partial charge in [-0.2, -0.15) is 4.31 Å². The highest BCUT2D eigenvalue weighted by atomic mass is 32.2. The zero-order valence-corrected chi connectivity index (χ0v) is 17.5. The highest BCUT2D eigenvalue weighted by molar-refractivity contribution is 7.89. The van der Waals surface area contributed by atoms with Crippen molar-refractivity contribution in [1.82, 2.24) is 9.29 Å². The van der Waals surface area contributed by atoms with Crippen molar-refractivity contribution < 1.29 is 17.9 Å². The SMILES string of the molecule is COc1ccc2nccc(NC(=O)c3ccc(S(=O)(=O)N4CCCCC4)cc3)c2c1. The van der Waals surface area contributed by atoms with Crippen molar-refractivity contribution in [3.8, 4) is 5.75 Å². The molecule has 0 radical (unpaired) electrons. The number of rotatable bonds is 5. The van der Waals surface area contributed by atoms with Crippen LogP contribution in [0.5, 0.6) is 5.75 Å². The molecule has 0 bridgehead atoms. The predicted molar refractivity (Wildman–Crippen MR) is 115 cm³/mol. The number of nitrogens with one attached hydrogen (secondary N) is 1. The minimum Gasteiger partial charge on any atom is -0.497 e. The van der Waals surface area contributed by atoms with Crippen LogP contribution in [0.25, 0.3) is 10.9 Å². The Hall–Kier alpha value is -2.97. The molecule has 1 saturated heterocycles. The number of sulfonamides is 1. The van der Waals surface area contributed by atoms with Crippen LogP contribution < -0.4 is 10.1 Å². The number of hydrogen-bond acceptors (Lipinski definition) is 5. The first kappa shape index (κ1) is 20.3. The van der Waals surface area contributed by atoms with Gasteiger partial charge in [-0.05, 0) is 61.4 Å². The highest BCUT2D eigenvalue weighted by Crippen LogP contribution is 2.27. The molecule has 0 spiro atoms. The summed E-state index contributed by atoms with van der Waals surface area (Å²) in [5, 5.41) is 3.64. The number of carbonyl (C=O) groups is 1. The fraction of sp³-hybridized carbons (Fsp3) is 0.273. The van der Waals surface area contributed by atoms with E-state index in [1.165, 1.54) is 28.6 Å². The number of aromatic nitrogens is 1.